The van der Waals surface area contributed by atoms with Crippen LogP contribution in [0.5, 0.6) is 11.5 Å². The van der Waals surface area contributed by atoms with Gasteiger partial charge in [-0.25, -0.2) is 0 Å². The quantitative estimate of drug-likeness (QED) is 0.849. The van der Waals surface area contributed by atoms with Gasteiger partial charge < -0.3 is 19.3 Å². The van der Waals surface area contributed by atoms with Gasteiger partial charge in [-0.2, -0.15) is 4.98 Å². The summed E-state index contributed by atoms with van der Waals surface area (Å²) in [7, 11) is 0. The molecule has 1 aromatic carbocycles. The van der Waals surface area contributed by atoms with Crippen molar-refractivity contribution < 1.29 is 14.0 Å². The molecule has 0 bridgehead atoms. The Balaban J connectivity index is 1.69. The summed E-state index contributed by atoms with van der Waals surface area (Å²) in [6.07, 6.45) is 2.05. The fraction of sp³-hybridized carbons (Fsp3) is 0.429. The average Bonchev–Trinajstić information content (AvgIpc) is 2.92. The number of hydrogen-bond acceptors (Lipinski definition) is 7. The molecule has 112 valence electrons. The van der Waals surface area contributed by atoms with Gasteiger partial charge in [0.2, 0.25) is 5.89 Å². The van der Waals surface area contributed by atoms with Crippen molar-refractivity contribution in [2.75, 3.05) is 19.5 Å². The average molecular weight is 307 g/mol. The van der Waals surface area contributed by atoms with E-state index in [4.69, 9.17) is 14.0 Å². The van der Waals surface area contributed by atoms with Crippen LogP contribution in [0, 0.1) is 6.92 Å². The molecule has 1 aromatic heterocycles. The molecule has 2 aromatic rings. The number of fused-ring (bicyclic) bond motifs is 1. The van der Waals surface area contributed by atoms with Gasteiger partial charge in [-0.05, 0) is 30.9 Å². The lowest BCUT2D eigenvalue weighted by Gasteiger charge is -2.20. The molecule has 0 radical (unpaired) electrons. The first kappa shape index (κ1) is 14.2. The highest BCUT2D eigenvalue weighted by Crippen LogP contribution is 2.36. The van der Waals surface area contributed by atoms with E-state index in [1.165, 1.54) is 10.5 Å². The van der Waals surface area contributed by atoms with Crippen molar-refractivity contribution in [2.24, 2.45) is 0 Å². The Morgan fingerprint density at radius 1 is 1.19 bits per heavy atom. The van der Waals surface area contributed by atoms with Gasteiger partial charge in [0.15, 0.2) is 17.3 Å². The molecular weight excluding hydrogens is 290 g/mol. The van der Waals surface area contributed by atoms with Crippen LogP contribution in [0.3, 0.4) is 0 Å². The predicted molar refractivity (Wildman–Crippen MR) is 78.8 cm³/mol. The van der Waals surface area contributed by atoms with Crippen LogP contribution in [0.15, 0.2) is 21.6 Å². The molecule has 1 N–H and O–H groups in total. The Kier molecular flexibility index (Phi) is 4.31. The Bertz CT molecular complexity index is 630. The van der Waals surface area contributed by atoms with Gasteiger partial charge in [0.05, 0.1) is 6.54 Å². The van der Waals surface area contributed by atoms with Crippen LogP contribution in [0.1, 0.15) is 17.3 Å². The largest absolute Gasteiger partial charge is 0.486 e. The Morgan fingerprint density at radius 2 is 1.95 bits per heavy atom. The Hall–Kier alpha value is -1.73. The number of hydrogen-bond donors (Lipinski definition) is 1. The summed E-state index contributed by atoms with van der Waals surface area (Å²) in [5.74, 6) is 2.87. The molecule has 2 heterocycles. The summed E-state index contributed by atoms with van der Waals surface area (Å²) in [6.45, 7) is 4.26. The second kappa shape index (κ2) is 6.36. The fourth-order valence-electron chi connectivity index (χ4n) is 2.16. The minimum Gasteiger partial charge on any atom is -0.486 e. The van der Waals surface area contributed by atoms with Gasteiger partial charge in [-0.3, -0.25) is 0 Å². The van der Waals surface area contributed by atoms with Crippen LogP contribution in [0.4, 0.5) is 0 Å². The second-order valence-corrected chi connectivity index (χ2v) is 5.49. The van der Waals surface area contributed by atoms with Crippen molar-refractivity contribution in [3.8, 4) is 11.5 Å². The maximum Gasteiger partial charge on any atom is 0.240 e. The van der Waals surface area contributed by atoms with Gasteiger partial charge in [0.1, 0.15) is 13.2 Å². The normalized spacial score (nSPS) is 13.4. The third-order valence-electron chi connectivity index (χ3n) is 3.11. The molecule has 6 nitrogen and oxygen atoms in total. The lowest BCUT2D eigenvalue weighted by atomic mass is 10.2. The van der Waals surface area contributed by atoms with Crippen LogP contribution >= 0.6 is 11.8 Å². The summed E-state index contributed by atoms with van der Waals surface area (Å²) in [4.78, 5) is 5.34. The van der Waals surface area contributed by atoms with E-state index in [-0.39, 0.29) is 0 Å². The number of rotatable bonds is 5. The first-order chi connectivity index (χ1) is 10.3. The molecule has 1 aliphatic rings. The summed E-state index contributed by atoms with van der Waals surface area (Å²) < 4.78 is 16.3. The van der Waals surface area contributed by atoms with E-state index in [9.17, 15) is 0 Å². The van der Waals surface area contributed by atoms with Gasteiger partial charge in [-0.15, -0.1) is 11.8 Å². The predicted octanol–water partition coefficient (Wildman–Crippen LogP) is 2.16. The first-order valence-electron chi connectivity index (χ1n) is 6.72. The summed E-state index contributed by atoms with van der Waals surface area (Å²) in [5, 5.41) is 7.07. The molecule has 21 heavy (non-hydrogen) atoms. The minimum atomic E-state index is 0.545. The highest BCUT2D eigenvalue weighted by molar-refractivity contribution is 7.98. The van der Waals surface area contributed by atoms with E-state index in [0.29, 0.717) is 38.0 Å². The van der Waals surface area contributed by atoms with E-state index < -0.39 is 0 Å². The summed E-state index contributed by atoms with van der Waals surface area (Å²) >= 11 is 1.69. The summed E-state index contributed by atoms with van der Waals surface area (Å²) in [5.41, 5.74) is 1.17. The van der Waals surface area contributed by atoms with Crippen molar-refractivity contribution in [1.82, 2.24) is 15.5 Å². The number of aryl methyl sites for hydroxylation is 1. The van der Waals surface area contributed by atoms with E-state index in [1.807, 2.05) is 12.1 Å². The van der Waals surface area contributed by atoms with Gasteiger partial charge in [-0.1, -0.05) is 5.16 Å². The van der Waals surface area contributed by atoms with Crippen molar-refractivity contribution in [2.45, 2.75) is 24.9 Å². The van der Waals surface area contributed by atoms with Crippen LogP contribution in [0.25, 0.3) is 0 Å². The fourth-order valence-corrected chi connectivity index (χ4v) is 2.77. The zero-order valence-corrected chi connectivity index (χ0v) is 12.8. The zero-order chi connectivity index (χ0) is 14.7. The molecule has 0 aliphatic carbocycles. The van der Waals surface area contributed by atoms with Crippen molar-refractivity contribution in [1.29, 1.82) is 0 Å². The van der Waals surface area contributed by atoms with E-state index in [1.54, 1.807) is 18.7 Å². The number of ether oxygens (including phenoxy) is 2. The molecule has 0 saturated heterocycles. The molecule has 0 amide bonds. The topological polar surface area (TPSA) is 69.4 Å². The molecule has 1 aliphatic heterocycles. The Morgan fingerprint density at radius 3 is 2.62 bits per heavy atom. The zero-order valence-electron chi connectivity index (χ0n) is 12.0. The third-order valence-corrected chi connectivity index (χ3v) is 3.93. The van der Waals surface area contributed by atoms with Crippen LogP contribution < -0.4 is 14.8 Å². The van der Waals surface area contributed by atoms with E-state index in [2.05, 4.69) is 21.7 Å². The van der Waals surface area contributed by atoms with Crippen LogP contribution in [0.2, 0.25) is 0 Å². The highest BCUT2D eigenvalue weighted by Gasteiger charge is 2.15. The lowest BCUT2D eigenvalue weighted by Crippen LogP contribution is -2.17. The van der Waals surface area contributed by atoms with Crippen molar-refractivity contribution >= 4 is 11.8 Å². The first-order valence-corrected chi connectivity index (χ1v) is 7.95. The van der Waals surface area contributed by atoms with E-state index >= 15 is 0 Å². The van der Waals surface area contributed by atoms with Crippen molar-refractivity contribution in [3.63, 3.8) is 0 Å². The number of nitrogens with one attached hydrogen (secondary N) is 1. The molecular formula is C14H17N3O3S. The number of thioether (sulfide) groups is 1. The van der Waals surface area contributed by atoms with Crippen LogP contribution in [-0.4, -0.2) is 29.6 Å². The molecule has 3 rings (SSSR count). The third kappa shape index (κ3) is 3.30. The van der Waals surface area contributed by atoms with Crippen LogP contribution in [-0.2, 0) is 13.1 Å². The number of aromatic nitrogens is 2. The molecule has 0 saturated carbocycles. The Labute approximate surface area is 127 Å². The minimum absolute atomic E-state index is 0.545. The molecule has 0 unspecified atom stereocenters. The number of nitrogens with zero attached hydrogens (tertiary/aromatic N) is 2. The van der Waals surface area contributed by atoms with Crippen molar-refractivity contribution in [3.05, 3.63) is 29.4 Å². The maximum absolute atomic E-state index is 5.63. The molecule has 0 fully saturated rings. The maximum atomic E-state index is 5.63. The second-order valence-electron chi connectivity index (χ2n) is 4.65. The monoisotopic (exact) mass is 307 g/mol. The molecule has 0 spiro atoms. The lowest BCUT2D eigenvalue weighted by molar-refractivity contribution is 0.171. The van der Waals surface area contributed by atoms with Gasteiger partial charge >= 0.3 is 0 Å². The summed E-state index contributed by atoms with van der Waals surface area (Å²) in [6, 6.07) is 4.07. The van der Waals surface area contributed by atoms with Gasteiger partial charge in [0, 0.05) is 11.4 Å². The molecule has 7 heteroatoms. The number of benzene rings is 1. The van der Waals surface area contributed by atoms with Gasteiger partial charge in [0.25, 0.3) is 0 Å². The SMILES string of the molecule is CSc1cc2c(cc1CNCc1nc(C)no1)OCCO2. The van der Waals surface area contributed by atoms with E-state index in [0.717, 1.165) is 11.5 Å². The molecule has 0 atom stereocenters. The standard InChI is InChI=1S/C14H17N3O3S/c1-9-16-14(20-17-9)8-15-7-10-5-11-12(6-13(10)21-2)19-4-3-18-11/h5-6,15H,3-4,7-8H2,1-2H3. The highest BCUT2D eigenvalue weighted by atomic mass is 32.2. The smallest absolute Gasteiger partial charge is 0.240 e.